The number of amides is 1. The highest BCUT2D eigenvalue weighted by atomic mass is 32.2. The van der Waals surface area contributed by atoms with E-state index in [1.54, 1.807) is 140 Å². The third-order valence-electron chi connectivity index (χ3n) is 12.6. The summed E-state index contributed by atoms with van der Waals surface area (Å²) in [4.78, 5) is 61.4. The van der Waals surface area contributed by atoms with Crippen LogP contribution in [0.25, 0.3) is 32.7 Å². The van der Waals surface area contributed by atoms with E-state index in [1.807, 2.05) is 18.2 Å². The number of hydrogen-bond acceptors (Lipinski definition) is 17. The molecule has 10 aromatic rings. The first-order valence-electron chi connectivity index (χ1n) is 27.3. The number of nitrogens with one attached hydrogen (secondary N) is 1. The summed E-state index contributed by atoms with van der Waals surface area (Å²) in [5.74, 6) is -1.67. The average Bonchev–Trinajstić information content (AvgIpc) is 0.881. The fraction of sp³-hybridized carbons (Fsp3) is 0.149. The number of alkyl halides is 6. The van der Waals surface area contributed by atoms with Crippen LogP contribution < -0.4 is 15.8 Å². The fourth-order valence-electron chi connectivity index (χ4n) is 8.07. The Kier molecular flexibility index (Phi) is 29.0. The minimum Gasteiger partial charge on any atom is -0.478 e. The Hall–Kier alpha value is -10.7. The molecule has 10 rings (SSSR count). The summed E-state index contributed by atoms with van der Waals surface area (Å²) in [7, 11) is 2.57. The number of benzene rings is 6. The number of carbonyl (C=O) groups is 4. The van der Waals surface area contributed by atoms with Gasteiger partial charge in [-0.1, -0.05) is 78.0 Å². The highest BCUT2D eigenvalue weighted by molar-refractivity contribution is 7.93. The molecular formula is C67H60F7N7O11S. The zero-order valence-electron chi connectivity index (χ0n) is 49.6. The van der Waals surface area contributed by atoms with Gasteiger partial charge in [0.25, 0.3) is 5.91 Å². The van der Waals surface area contributed by atoms with E-state index >= 15 is 0 Å². The molecule has 0 bridgehead atoms. The number of aromatic carboxylic acids is 1. The van der Waals surface area contributed by atoms with Crippen LogP contribution in [0.2, 0.25) is 0 Å². The molecule has 6 aromatic carbocycles. The zero-order valence-corrected chi connectivity index (χ0v) is 50.4. The summed E-state index contributed by atoms with van der Waals surface area (Å²) in [6, 6.07) is 49.6. The van der Waals surface area contributed by atoms with E-state index in [1.165, 1.54) is 57.0 Å². The maximum atomic E-state index is 12.8. The molecule has 0 spiro atoms. The van der Waals surface area contributed by atoms with Crippen molar-refractivity contribution in [2.75, 3.05) is 33.7 Å². The Morgan fingerprint density at radius 2 is 1.13 bits per heavy atom. The number of rotatable bonds is 14. The smallest absolute Gasteiger partial charge is 0.416 e. The molecule has 7 N–H and O–H groups in total. The van der Waals surface area contributed by atoms with Crippen molar-refractivity contribution in [2.24, 2.45) is 10.9 Å². The highest BCUT2D eigenvalue weighted by Gasteiger charge is 2.31. The summed E-state index contributed by atoms with van der Waals surface area (Å²) >= 11 is 0.250. The van der Waals surface area contributed by atoms with E-state index in [2.05, 4.69) is 39.9 Å². The van der Waals surface area contributed by atoms with Crippen LogP contribution in [0.15, 0.2) is 224 Å². The molecule has 0 aliphatic rings. The van der Waals surface area contributed by atoms with Gasteiger partial charge >= 0.3 is 30.3 Å². The molecule has 4 aromatic heterocycles. The molecule has 1 amide bonds. The van der Waals surface area contributed by atoms with Gasteiger partial charge < -0.3 is 45.8 Å². The largest absolute Gasteiger partial charge is 0.478 e. The number of carboxylic acid groups (broad SMARTS) is 1. The van der Waals surface area contributed by atoms with E-state index in [9.17, 15) is 54.5 Å². The van der Waals surface area contributed by atoms with Gasteiger partial charge in [-0.2, -0.15) is 30.2 Å². The fourth-order valence-corrected chi connectivity index (χ4v) is 8.07. The number of oxime groups is 1. The third kappa shape index (κ3) is 23.0. The molecule has 93 heavy (non-hydrogen) atoms. The van der Waals surface area contributed by atoms with Crippen molar-refractivity contribution in [3.8, 4) is 22.6 Å². The number of methoxy groups -OCH3 is 2. The van der Waals surface area contributed by atoms with E-state index in [0.717, 1.165) is 52.0 Å². The first-order chi connectivity index (χ1) is 44.6. The van der Waals surface area contributed by atoms with Gasteiger partial charge in [0, 0.05) is 54.1 Å². The third-order valence-corrected chi connectivity index (χ3v) is 12.6. The van der Waals surface area contributed by atoms with Crippen LogP contribution in [0.5, 0.6) is 11.5 Å². The standard InChI is InChI=1S/C25H19F3N2O3.C18H11F3O2.C8H8N2O3.C8H9NO2.C7H10N2O.CH3FS/c26-25(27,28)18-8-10-19(11-9-18)33-23-6-3-4-16-14-17(7-12-20(16)23)24(32)30-22(15-31)21-5-1-2-13-29-21;19-18(20,21)14-7-4-11(5-8-14)15-3-1-2-12-10-13(17(22)23)6-9-16(12)15;1-13-8(11)7(10-12)6-4-2-3-5-9-6;1-11-8(10)6-7-4-2-3-5-9-7;8-6(5-10)7-3-1-2-4-9-7;1-3-2/h1-14,22,31H,15H2,(H,30,32);1-10H,(H,22,23);2-5,12H,1H3;2-5H,6H2,1H3;1-4,6,10H,5,8H2;1H3/b;;10-7+;;;. The Balaban J connectivity index is 0.000000226. The molecule has 26 heteroatoms. The van der Waals surface area contributed by atoms with Crippen LogP contribution in [0.1, 0.15) is 66.7 Å². The summed E-state index contributed by atoms with van der Waals surface area (Å²) < 4.78 is 101. The Morgan fingerprint density at radius 3 is 1.63 bits per heavy atom. The molecule has 0 saturated carbocycles. The lowest BCUT2D eigenvalue weighted by atomic mass is 9.96. The van der Waals surface area contributed by atoms with Crippen LogP contribution in [0.4, 0.5) is 30.2 Å². The lowest BCUT2D eigenvalue weighted by Crippen LogP contribution is -2.31. The van der Waals surface area contributed by atoms with Crippen LogP contribution in [0, 0.1) is 0 Å². The SMILES string of the molecule is COC(=O)/C(=N/O)c1ccccn1.COC(=O)Cc1ccccn1.CSF.NC(CO)c1ccccn1.O=C(NC(CO)c1ccccn1)c1ccc2c(Oc3ccc(C(F)(F)F)cc3)cccc2c1.O=C(O)c1ccc2c(-c3ccc(C(F)(F)F)cc3)cccc2c1. The zero-order chi connectivity index (χ0) is 67.9. The lowest BCUT2D eigenvalue weighted by Gasteiger charge is -2.16. The van der Waals surface area contributed by atoms with E-state index in [4.69, 9.17) is 25.9 Å². The minimum atomic E-state index is -4.42. The van der Waals surface area contributed by atoms with Gasteiger partial charge in [0.2, 0.25) is 5.71 Å². The normalized spacial score (nSPS) is 11.5. The van der Waals surface area contributed by atoms with E-state index in [-0.39, 0.29) is 72.4 Å². The van der Waals surface area contributed by atoms with Crippen LogP contribution in [-0.4, -0.2) is 104 Å². The first kappa shape index (κ1) is 73.1. The second kappa shape index (κ2) is 36.9. The molecule has 2 atom stereocenters. The number of pyridine rings is 4. The maximum Gasteiger partial charge on any atom is 0.416 e. The van der Waals surface area contributed by atoms with Crippen molar-refractivity contribution in [2.45, 2.75) is 30.9 Å². The van der Waals surface area contributed by atoms with Crippen molar-refractivity contribution in [3.63, 3.8) is 0 Å². The van der Waals surface area contributed by atoms with Gasteiger partial charge in [-0.25, -0.2) is 9.59 Å². The topological polar surface area (TPSA) is 279 Å². The number of fused-ring (bicyclic) bond motifs is 2. The number of aliphatic hydroxyl groups is 2. The van der Waals surface area contributed by atoms with Gasteiger partial charge in [0.15, 0.2) is 0 Å². The predicted octanol–water partition coefficient (Wildman–Crippen LogP) is 13.3. The van der Waals surface area contributed by atoms with Crippen LogP contribution in [0.3, 0.4) is 0 Å². The van der Waals surface area contributed by atoms with E-state index < -0.39 is 41.5 Å². The number of aliphatic hydroxyl groups excluding tert-OH is 2. The van der Waals surface area contributed by atoms with Gasteiger partial charge in [0.1, 0.15) is 11.5 Å². The number of nitrogens with two attached hydrogens (primary N) is 1. The van der Waals surface area contributed by atoms with Crippen LogP contribution >= 0.6 is 12.1 Å². The van der Waals surface area contributed by atoms with Crippen molar-refractivity contribution in [1.29, 1.82) is 0 Å². The number of nitrogens with zero attached hydrogens (tertiary/aromatic N) is 5. The van der Waals surface area contributed by atoms with Crippen molar-refractivity contribution in [1.82, 2.24) is 25.3 Å². The van der Waals surface area contributed by atoms with Crippen molar-refractivity contribution < 1.29 is 84.1 Å². The monoisotopic (exact) mass is 1300 g/mol. The molecule has 4 heterocycles. The number of aromatic nitrogens is 4. The predicted molar refractivity (Wildman–Crippen MR) is 336 cm³/mol. The van der Waals surface area contributed by atoms with Crippen LogP contribution in [-0.2, 0) is 37.8 Å². The quantitative estimate of drug-likeness (QED) is 0.0194. The molecule has 18 nitrogen and oxygen atoms in total. The van der Waals surface area contributed by atoms with Gasteiger partial charge in [0.05, 0.1) is 85.4 Å². The average molecular weight is 1300 g/mol. The number of halogens is 7. The summed E-state index contributed by atoms with van der Waals surface area (Å²) in [6.45, 7) is -0.363. The summed E-state index contributed by atoms with van der Waals surface area (Å²) in [6.07, 6.45) is -0.781. The molecule has 484 valence electrons. The second-order valence-electron chi connectivity index (χ2n) is 18.8. The number of ether oxygens (including phenoxy) is 3. The minimum absolute atomic E-state index is 0.0585. The highest BCUT2D eigenvalue weighted by Crippen LogP contribution is 2.36. The van der Waals surface area contributed by atoms with E-state index in [0.29, 0.717) is 33.3 Å². The summed E-state index contributed by atoms with van der Waals surface area (Å²) in [5.41, 5.74) is 8.05. The maximum absolute atomic E-state index is 12.8. The number of carbonyl (C=O) groups excluding carboxylic acids is 3. The number of hydrogen-bond donors (Lipinski definition) is 6. The first-order valence-corrected chi connectivity index (χ1v) is 28.5. The molecule has 0 fully saturated rings. The lowest BCUT2D eigenvalue weighted by molar-refractivity contribution is -0.140. The molecule has 0 aliphatic carbocycles. The van der Waals surface area contributed by atoms with Crippen molar-refractivity contribution in [3.05, 3.63) is 264 Å². The second-order valence-corrected chi connectivity index (χ2v) is 19.1. The summed E-state index contributed by atoms with van der Waals surface area (Å²) in [5, 5.41) is 44.3. The number of esters is 2. The van der Waals surface area contributed by atoms with Crippen molar-refractivity contribution >= 4 is 63.2 Å². The van der Waals surface area contributed by atoms with Gasteiger partial charge in [-0.3, -0.25) is 29.5 Å². The Bertz CT molecular complexity index is 4000. The molecule has 0 radical (unpaired) electrons. The van der Waals surface area contributed by atoms with Gasteiger partial charge in [-0.05, 0) is 149 Å². The Labute approximate surface area is 532 Å². The van der Waals surface area contributed by atoms with Gasteiger partial charge in [-0.15, -0.1) is 0 Å². The molecule has 2 unspecified atom stereocenters. The molecular weight excluding hydrogens is 1240 g/mol. The molecule has 0 saturated heterocycles. The Morgan fingerprint density at radius 1 is 0.602 bits per heavy atom. The molecule has 0 aliphatic heterocycles. The number of carboxylic acids is 1.